The Bertz CT molecular complexity index is 738. The van der Waals surface area contributed by atoms with E-state index in [2.05, 4.69) is 10.4 Å². The molecule has 25 heavy (non-hydrogen) atoms. The second-order valence-corrected chi connectivity index (χ2v) is 6.41. The number of aromatic nitrogens is 2. The fourth-order valence-corrected chi connectivity index (χ4v) is 2.83. The number of hydrogen-bond donors (Lipinski definition) is 1. The van der Waals surface area contributed by atoms with Gasteiger partial charge in [-0.2, -0.15) is 5.10 Å². The van der Waals surface area contributed by atoms with E-state index in [1.807, 2.05) is 51.2 Å². The van der Waals surface area contributed by atoms with Gasteiger partial charge in [0.25, 0.3) is 5.91 Å². The van der Waals surface area contributed by atoms with Crippen LogP contribution in [0.3, 0.4) is 0 Å². The second-order valence-electron chi connectivity index (χ2n) is 6.41. The average Bonchev–Trinajstić information content (AvgIpc) is 3.01. The molecule has 0 spiro atoms. The monoisotopic (exact) mass is 343 g/mol. The molecule has 0 aliphatic heterocycles. The maximum Gasteiger partial charge on any atom is 0.310 e. The maximum atomic E-state index is 12.7. The highest BCUT2D eigenvalue weighted by atomic mass is 16.5. The van der Waals surface area contributed by atoms with Crippen LogP contribution in [0.15, 0.2) is 36.4 Å². The zero-order valence-corrected chi connectivity index (χ0v) is 15.3. The van der Waals surface area contributed by atoms with Crippen molar-refractivity contribution in [3.63, 3.8) is 0 Å². The fourth-order valence-electron chi connectivity index (χ4n) is 2.83. The number of hydrogen-bond acceptors (Lipinski definition) is 4. The van der Waals surface area contributed by atoms with E-state index in [4.69, 9.17) is 4.74 Å². The standard InChI is InChI=1S/C19H25N3O3/c1-12(2)16-11-15(21-22(16)4)18(23)20-17(13(3)19(24)25-5)14-9-7-6-8-10-14/h6-13,17H,1-5H3,(H,20,23)/t13-,17-/m1/s1. The third-order valence-electron chi connectivity index (χ3n) is 4.26. The topological polar surface area (TPSA) is 73.2 Å². The van der Waals surface area contributed by atoms with Crippen LogP contribution in [0.25, 0.3) is 0 Å². The molecule has 2 rings (SSSR count). The number of amides is 1. The number of benzene rings is 1. The van der Waals surface area contributed by atoms with Gasteiger partial charge in [-0.25, -0.2) is 0 Å². The molecule has 1 N–H and O–H groups in total. The minimum Gasteiger partial charge on any atom is -0.469 e. The van der Waals surface area contributed by atoms with Crippen LogP contribution < -0.4 is 5.32 Å². The zero-order chi connectivity index (χ0) is 18.6. The van der Waals surface area contributed by atoms with E-state index in [0.29, 0.717) is 5.69 Å². The van der Waals surface area contributed by atoms with Crippen LogP contribution in [-0.2, 0) is 16.6 Å². The lowest BCUT2D eigenvalue weighted by Gasteiger charge is -2.23. The van der Waals surface area contributed by atoms with E-state index in [1.165, 1.54) is 7.11 Å². The Morgan fingerprint density at radius 3 is 2.32 bits per heavy atom. The van der Waals surface area contributed by atoms with Gasteiger partial charge >= 0.3 is 5.97 Å². The maximum absolute atomic E-state index is 12.7. The van der Waals surface area contributed by atoms with E-state index in [0.717, 1.165) is 11.3 Å². The molecule has 1 aromatic carbocycles. The lowest BCUT2D eigenvalue weighted by Crippen LogP contribution is -2.36. The van der Waals surface area contributed by atoms with Crippen molar-refractivity contribution in [2.75, 3.05) is 7.11 Å². The summed E-state index contributed by atoms with van der Waals surface area (Å²) in [6.45, 7) is 5.83. The third-order valence-corrected chi connectivity index (χ3v) is 4.26. The van der Waals surface area contributed by atoms with Crippen molar-refractivity contribution in [1.82, 2.24) is 15.1 Å². The molecule has 1 heterocycles. The normalized spacial score (nSPS) is 13.4. The number of carbonyl (C=O) groups excluding carboxylic acids is 2. The Hall–Kier alpha value is -2.63. The minimum absolute atomic E-state index is 0.262. The molecular weight excluding hydrogens is 318 g/mol. The molecule has 0 aliphatic rings. The van der Waals surface area contributed by atoms with E-state index < -0.39 is 12.0 Å². The van der Waals surface area contributed by atoms with E-state index in [9.17, 15) is 9.59 Å². The number of carbonyl (C=O) groups is 2. The van der Waals surface area contributed by atoms with Crippen molar-refractivity contribution in [2.45, 2.75) is 32.7 Å². The van der Waals surface area contributed by atoms with Gasteiger partial charge in [-0.15, -0.1) is 0 Å². The van der Waals surface area contributed by atoms with Crippen molar-refractivity contribution in [1.29, 1.82) is 0 Å². The summed E-state index contributed by atoms with van der Waals surface area (Å²) < 4.78 is 6.56. The van der Waals surface area contributed by atoms with Crippen molar-refractivity contribution < 1.29 is 14.3 Å². The Morgan fingerprint density at radius 2 is 1.80 bits per heavy atom. The Morgan fingerprint density at radius 1 is 1.16 bits per heavy atom. The quantitative estimate of drug-likeness (QED) is 0.819. The van der Waals surface area contributed by atoms with Crippen molar-refractivity contribution in [3.8, 4) is 0 Å². The number of rotatable bonds is 6. The van der Waals surface area contributed by atoms with Gasteiger partial charge < -0.3 is 10.1 Å². The number of ether oxygens (including phenoxy) is 1. The Kier molecular flexibility index (Phi) is 5.96. The third kappa shape index (κ3) is 4.26. The SMILES string of the molecule is COC(=O)[C@H](C)[C@@H](NC(=O)c1cc(C(C)C)n(C)n1)c1ccccc1. The molecule has 2 aromatic rings. The minimum atomic E-state index is -0.523. The van der Waals surface area contributed by atoms with E-state index in [-0.39, 0.29) is 17.8 Å². The van der Waals surface area contributed by atoms with Crippen LogP contribution in [-0.4, -0.2) is 28.8 Å². The number of esters is 1. The van der Waals surface area contributed by atoms with Gasteiger partial charge in [0.15, 0.2) is 0 Å². The summed E-state index contributed by atoms with van der Waals surface area (Å²) in [4.78, 5) is 24.7. The summed E-state index contributed by atoms with van der Waals surface area (Å²) >= 11 is 0. The van der Waals surface area contributed by atoms with Crippen molar-refractivity contribution in [3.05, 3.63) is 53.3 Å². The second kappa shape index (κ2) is 7.96. The summed E-state index contributed by atoms with van der Waals surface area (Å²) in [6, 6.07) is 10.7. The summed E-state index contributed by atoms with van der Waals surface area (Å²) in [6.07, 6.45) is 0. The molecule has 1 aromatic heterocycles. The van der Waals surface area contributed by atoms with Gasteiger partial charge in [0.05, 0.1) is 19.1 Å². The highest BCUT2D eigenvalue weighted by Crippen LogP contribution is 2.24. The van der Waals surface area contributed by atoms with Gasteiger partial charge in [0.2, 0.25) is 0 Å². The number of nitrogens with one attached hydrogen (secondary N) is 1. The number of methoxy groups -OCH3 is 1. The lowest BCUT2D eigenvalue weighted by molar-refractivity contribution is -0.145. The summed E-state index contributed by atoms with van der Waals surface area (Å²) in [7, 11) is 3.16. The van der Waals surface area contributed by atoms with Gasteiger partial charge in [-0.05, 0) is 24.5 Å². The van der Waals surface area contributed by atoms with Crippen molar-refractivity contribution >= 4 is 11.9 Å². The first-order valence-corrected chi connectivity index (χ1v) is 8.32. The molecule has 134 valence electrons. The highest BCUT2D eigenvalue weighted by Gasteiger charge is 2.29. The molecule has 0 bridgehead atoms. The molecule has 6 nitrogen and oxygen atoms in total. The summed E-state index contributed by atoms with van der Waals surface area (Å²) in [5.74, 6) is -0.951. The predicted octanol–water partition coefficient (Wildman–Crippen LogP) is 2.82. The lowest BCUT2D eigenvalue weighted by atomic mass is 9.94. The van der Waals surface area contributed by atoms with Crippen LogP contribution in [0.2, 0.25) is 0 Å². The first kappa shape index (κ1) is 18.7. The average molecular weight is 343 g/mol. The van der Waals surface area contributed by atoms with Crippen LogP contribution >= 0.6 is 0 Å². The van der Waals surface area contributed by atoms with Crippen LogP contribution in [0, 0.1) is 5.92 Å². The van der Waals surface area contributed by atoms with Crippen LogP contribution in [0.4, 0.5) is 0 Å². The summed E-state index contributed by atoms with van der Waals surface area (Å²) in [5, 5.41) is 7.22. The largest absolute Gasteiger partial charge is 0.469 e. The molecule has 0 fully saturated rings. The first-order chi connectivity index (χ1) is 11.8. The summed E-state index contributed by atoms with van der Waals surface area (Å²) in [5.41, 5.74) is 2.15. The zero-order valence-electron chi connectivity index (χ0n) is 15.3. The molecule has 6 heteroatoms. The first-order valence-electron chi connectivity index (χ1n) is 8.32. The molecular formula is C19H25N3O3. The molecule has 0 aliphatic carbocycles. The number of nitrogens with zero attached hydrogens (tertiary/aromatic N) is 2. The van der Waals surface area contributed by atoms with Crippen LogP contribution in [0.5, 0.6) is 0 Å². The van der Waals surface area contributed by atoms with E-state index in [1.54, 1.807) is 17.7 Å². The Labute approximate surface area is 148 Å². The van der Waals surface area contributed by atoms with Crippen LogP contribution in [0.1, 0.15) is 54.5 Å². The Balaban J connectivity index is 2.28. The predicted molar refractivity (Wildman–Crippen MR) is 95.1 cm³/mol. The van der Waals surface area contributed by atoms with Gasteiger partial charge in [0.1, 0.15) is 5.69 Å². The molecule has 2 atom stereocenters. The molecule has 0 saturated heterocycles. The molecule has 0 saturated carbocycles. The molecule has 0 radical (unpaired) electrons. The van der Waals surface area contributed by atoms with Crippen molar-refractivity contribution in [2.24, 2.45) is 13.0 Å². The van der Waals surface area contributed by atoms with Gasteiger partial charge in [-0.3, -0.25) is 14.3 Å². The van der Waals surface area contributed by atoms with E-state index >= 15 is 0 Å². The fraction of sp³-hybridized carbons (Fsp3) is 0.421. The van der Waals surface area contributed by atoms with Gasteiger partial charge in [-0.1, -0.05) is 44.2 Å². The number of aryl methyl sites for hydroxylation is 1. The molecule has 0 unspecified atom stereocenters. The van der Waals surface area contributed by atoms with Gasteiger partial charge in [0, 0.05) is 12.7 Å². The highest BCUT2D eigenvalue weighted by molar-refractivity contribution is 5.93. The smallest absolute Gasteiger partial charge is 0.310 e. The molecule has 1 amide bonds.